The number of anilines is 1. The first-order valence-electron chi connectivity index (χ1n) is 7.60. The molecule has 0 aliphatic carbocycles. The number of hydrogen-bond acceptors (Lipinski definition) is 5. The fourth-order valence-electron chi connectivity index (χ4n) is 2.63. The van der Waals surface area contributed by atoms with Crippen LogP contribution < -0.4 is 5.32 Å². The number of rotatable bonds is 5. The van der Waals surface area contributed by atoms with Crippen molar-refractivity contribution in [3.05, 3.63) is 59.7 Å². The molecule has 3 rings (SSSR count). The lowest BCUT2D eigenvalue weighted by atomic mass is 10.1. The van der Waals surface area contributed by atoms with Gasteiger partial charge in [-0.05, 0) is 24.3 Å². The summed E-state index contributed by atoms with van der Waals surface area (Å²) >= 11 is 0. The van der Waals surface area contributed by atoms with Gasteiger partial charge in [0.2, 0.25) is 0 Å². The molecule has 0 saturated carbocycles. The lowest BCUT2D eigenvalue weighted by Gasteiger charge is -2.13. The van der Waals surface area contributed by atoms with Gasteiger partial charge in [0, 0.05) is 12.1 Å². The minimum absolute atomic E-state index is 0.0581. The van der Waals surface area contributed by atoms with E-state index in [1.54, 1.807) is 30.3 Å². The highest BCUT2D eigenvalue weighted by Gasteiger charge is 2.42. The number of sulfonamides is 1. The fraction of sp³-hybridized carbons (Fsp3) is 0.118. The zero-order chi connectivity index (χ0) is 18.9. The van der Waals surface area contributed by atoms with Crippen LogP contribution in [-0.4, -0.2) is 42.2 Å². The van der Waals surface area contributed by atoms with Crippen LogP contribution in [0.3, 0.4) is 0 Å². The second-order valence-electron chi connectivity index (χ2n) is 5.52. The van der Waals surface area contributed by atoms with E-state index in [4.69, 9.17) is 5.11 Å². The minimum Gasteiger partial charge on any atom is -0.481 e. The molecular weight excluding hydrogens is 360 g/mol. The van der Waals surface area contributed by atoms with Crippen molar-refractivity contribution in [2.45, 2.75) is 11.3 Å². The number of nitrogens with one attached hydrogen (secondary N) is 1. The van der Waals surface area contributed by atoms with Crippen LogP contribution >= 0.6 is 0 Å². The van der Waals surface area contributed by atoms with Crippen LogP contribution in [0.1, 0.15) is 27.1 Å². The first kappa shape index (κ1) is 17.6. The van der Waals surface area contributed by atoms with Crippen LogP contribution in [-0.2, 0) is 14.8 Å². The summed E-state index contributed by atoms with van der Waals surface area (Å²) in [5.41, 5.74) is 0.242. The fourth-order valence-corrected chi connectivity index (χ4v) is 4.21. The van der Waals surface area contributed by atoms with Gasteiger partial charge in [-0.15, -0.1) is 0 Å². The SMILES string of the molecule is O=C(O)CCN1C(=O)c2c(NC(=O)c3ccccc3)cccc2S1(=O)=O. The molecule has 134 valence electrons. The predicted molar refractivity (Wildman–Crippen MR) is 91.3 cm³/mol. The number of nitrogens with zero attached hydrogens (tertiary/aromatic N) is 1. The van der Waals surface area contributed by atoms with Crippen LogP contribution in [0.4, 0.5) is 5.69 Å². The molecule has 0 fully saturated rings. The van der Waals surface area contributed by atoms with Crippen molar-refractivity contribution in [3.63, 3.8) is 0 Å². The second-order valence-corrected chi connectivity index (χ2v) is 7.36. The first-order valence-corrected chi connectivity index (χ1v) is 9.04. The third kappa shape index (κ3) is 3.04. The zero-order valence-electron chi connectivity index (χ0n) is 13.4. The van der Waals surface area contributed by atoms with Crippen LogP contribution in [0.5, 0.6) is 0 Å². The maximum absolute atomic E-state index is 12.6. The monoisotopic (exact) mass is 374 g/mol. The summed E-state index contributed by atoms with van der Waals surface area (Å²) in [7, 11) is -4.15. The molecule has 2 aromatic carbocycles. The van der Waals surface area contributed by atoms with Gasteiger partial charge in [-0.3, -0.25) is 14.4 Å². The lowest BCUT2D eigenvalue weighted by molar-refractivity contribution is -0.137. The number of carboxylic acid groups (broad SMARTS) is 1. The Morgan fingerprint density at radius 1 is 1.04 bits per heavy atom. The number of amides is 2. The lowest BCUT2D eigenvalue weighted by Crippen LogP contribution is -2.32. The number of hydrogen-bond donors (Lipinski definition) is 2. The molecule has 0 atom stereocenters. The standard InChI is InChI=1S/C17H14N2O6S/c20-14(21)9-10-19-17(23)15-12(7-4-8-13(15)26(19,24)25)18-16(22)11-5-2-1-3-6-11/h1-8H,9-10H2,(H,18,22)(H,20,21). The Kier molecular flexibility index (Phi) is 4.47. The minimum atomic E-state index is -4.15. The third-order valence-electron chi connectivity index (χ3n) is 3.85. The largest absolute Gasteiger partial charge is 0.481 e. The molecule has 1 aliphatic heterocycles. The van der Waals surface area contributed by atoms with Crippen LogP contribution in [0, 0.1) is 0 Å². The summed E-state index contributed by atoms with van der Waals surface area (Å²) < 4.78 is 25.5. The average Bonchev–Trinajstić information content (AvgIpc) is 2.81. The molecule has 0 unspecified atom stereocenters. The molecule has 0 spiro atoms. The first-order chi connectivity index (χ1) is 12.3. The smallest absolute Gasteiger partial charge is 0.305 e. The molecule has 0 radical (unpaired) electrons. The van der Waals surface area contributed by atoms with Gasteiger partial charge in [-0.2, -0.15) is 0 Å². The number of aliphatic carboxylic acids is 1. The summed E-state index contributed by atoms with van der Waals surface area (Å²) in [5.74, 6) is -2.57. The van der Waals surface area contributed by atoms with Crippen molar-refractivity contribution in [1.29, 1.82) is 0 Å². The van der Waals surface area contributed by atoms with E-state index in [0.29, 0.717) is 9.87 Å². The molecule has 9 heteroatoms. The molecule has 8 nitrogen and oxygen atoms in total. The van der Waals surface area contributed by atoms with Gasteiger partial charge >= 0.3 is 5.97 Å². The van der Waals surface area contributed by atoms with E-state index in [1.165, 1.54) is 18.2 Å². The summed E-state index contributed by atoms with van der Waals surface area (Å²) in [6.45, 7) is -0.475. The quantitative estimate of drug-likeness (QED) is 0.819. The van der Waals surface area contributed by atoms with Crippen LogP contribution in [0.25, 0.3) is 0 Å². The highest BCUT2D eigenvalue weighted by atomic mass is 32.2. The highest BCUT2D eigenvalue weighted by molar-refractivity contribution is 7.90. The number of fused-ring (bicyclic) bond motifs is 1. The van der Waals surface area contributed by atoms with Crippen molar-refractivity contribution < 1.29 is 27.9 Å². The molecule has 0 bridgehead atoms. The van der Waals surface area contributed by atoms with Gasteiger partial charge in [0.15, 0.2) is 0 Å². The number of carboxylic acids is 1. The topological polar surface area (TPSA) is 121 Å². The van der Waals surface area contributed by atoms with Gasteiger partial charge < -0.3 is 10.4 Å². The molecule has 1 aliphatic rings. The molecule has 2 N–H and O–H groups in total. The molecule has 2 amide bonds. The summed E-state index contributed by atoms with van der Waals surface area (Å²) in [4.78, 5) is 35.4. The molecule has 2 aromatic rings. The zero-order valence-corrected chi connectivity index (χ0v) is 14.2. The van der Waals surface area contributed by atoms with E-state index in [2.05, 4.69) is 5.32 Å². The van der Waals surface area contributed by atoms with Crippen LogP contribution in [0.2, 0.25) is 0 Å². The van der Waals surface area contributed by atoms with E-state index in [9.17, 15) is 22.8 Å². The Morgan fingerprint density at radius 2 is 1.73 bits per heavy atom. The normalized spacial score (nSPS) is 14.8. The highest BCUT2D eigenvalue weighted by Crippen LogP contribution is 2.35. The second kappa shape index (κ2) is 6.60. The summed E-state index contributed by atoms with van der Waals surface area (Å²) in [6.07, 6.45) is -0.509. The molecule has 1 heterocycles. The third-order valence-corrected chi connectivity index (χ3v) is 5.67. The number of benzene rings is 2. The Balaban J connectivity index is 1.96. The van der Waals surface area contributed by atoms with Gasteiger partial charge in [-0.1, -0.05) is 24.3 Å². The van der Waals surface area contributed by atoms with E-state index in [1.807, 2.05) is 0 Å². The Hall–Kier alpha value is -3.20. The van der Waals surface area contributed by atoms with Crippen LogP contribution in [0.15, 0.2) is 53.4 Å². The molecule has 0 saturated heterocycles. The van der Waals surface area contributed by atoms with Gasteiger partial charge in [-0.25, -0.2) is 12.7 Å². The van der Waals surface area contributed by atoms with Gasteiger partial charge in [0.1, 0.15) is 4.90 Å². The number of carbonyl (C=O) groups excluding carboxylic acids is 2. The van der Waals surface area contributed by atoms with E-state index >= 15 is 0 Å². The number of carbonyl (C=O) groups is 3. The average molecular weight is 374 g/mol. The predicted octanol–water partition coefficient (Wildman–Crippen LogP) is 1.56. The summed E-state index contributed by atoms with van der Waals surface area (Å²) in [5, 5.41) is 11.3. The van der Waals surface area contributed by atoms with Gasteiger partial charge in [0.05, 0.1) is 17.7 Å². The van der Waals surface area contributed by atoms with Crippen molar-refractivity contribution in [3.8, 4) is 0 Å². The molecule has 26 heavy (non-hydrogen) atoms. The van der Waals surface area contributed by atoms with Crippen molar-refractivity contribution >= 4 is 33.5 Å². The van der Waals surface area contributed by atoms with Crippen molar-refractivity contribution in [1.82, 2.24) is 4.31 Å². The van der Waals surface area contributed by atoms with E-state index in [0.717, 1.165) is 0 Å². The Labute approximate surface area is 149 Å². The van der Waals surface area contributed by atoms with Gasteiger partial charge in [0.25, 0.3) is 21.8 Å². The molecular formula is C17H14N2O6S. The Morgan fingerprint density at radius 3 is 2.38 bits per heavy atom. The maximum Gasteiger partial charge on any atom is 0.305 e. The molecule has 0 aromatic heterocycles. The van der Waals surface area contributed by atoms with Crippen molar-refractivity contribution in [2.75, 3.05) is 11.9 Å². The summed E-state index contributed by atoms with van der Waals surface area (Å²) in [6, 6.07) is 12.3. The Bertz CT molecular complexity index is 1000. The van der Waals surface area contributed by atoms with E-state index in [-0.39, 0.29) is 16.1 Å². The van der Waals surface area contributed by atoms with Crippen molar-refractivity contribution in [2.24, 2.45) is 0 Å². The maximum atomic E-state index is 12.6. The van der Waals surface area contributed by atoms with E-state index < -0.39 is 40.8 Å².